The molecule has 0 aliphatic carbocycles. The predicted octanol–water partition coefficient (Wildman–Crippen LogP) is 32.5. The standard InChI is InChI=1S/4C14H12.3C8H10.11C2H6.4Y/c2*1-11-5-3-7-13(9-11)14-8-4-6-12(2)10-14;1-11-6-5-8-13(10-11)14-9-4-3-7-12(14)2;1-11-6-8-13(9-7-11)14-5-3-4-12(2)10-14;1-7-3-5-8(2)6-4-7;1-7-4-3-5-8(2)6-7;1-7-5-3-4-6-8(7)2;11*1-2;;;;/h3-7,10H,1-2H3;3*3-8H,1-2H3;3*3-6H,1-2H3;11*1-2H3;;;;/q4*-2;;;;;;;;;;;;;;;;;;. The van der Waals surface area contributed by atoms with E-state index in [9.17, 15) is 0 Å². The van der Waals surface area contributed by atoms with Crippen LogP contribution in [0, 0.1) is 145 Å². The van der Waals surface area contributed by atoms with E-state index in [0.29, 0.717) is 0 Å². The van der Waals surface area contributed by atoms with Crippen LogP contribution in [0.2, 0.25) is 0 Å². The SMILES string of the molecule is CC.CC.CC.CC.CC.CC.CC.CC.CC.CC.CC.Cc1[c-]c(-c2[c-]c(C)ccc2)ccc1.Cc1[c-]c(-c2[c-]cc(C)cc2)ccc1.Cc1[c-]c(-c2[c-]ccc(C)c2)ccc1.Cc1[c-]c(-c2[c-]cccc2C)ccc1.Cc1ccc(C)cc1.Cc1cccc(C)c1.Cc1ccccc1C.[Y].[Y].[Y].[Y]. The Balaban J connectivity index is -0.000000106. The van der Waals surface area contributed by atoms with Gasteiger partial charge in [-0.3, -0.25) is 0 Å². The minimum Gasteiger partial charge on any atom is -0.226 e. The molecule has 106 heavy (non-hydrogen) atoms. The molecule has 0 aliphatic heterocycles. The van der Waals surface area contributed by atoms with Crippen molar-refractivity contribution in [2.45, 2.75) is 249 Å². The van der Waals surface area contributed by atoms with E-state index >= 15 is 0 Å². The van der Waals surface area contributed by atoms with Crippen LogP contribution in [0.3, 0.4) is 0 Å². The van der Waals surface area contributed by atoms with Crippen LogP contribution in [0.4, 0.5) is 0 Å². The smallest absolute Gasteiger partial charge is 0 e. The van der Waals surface area contributed by atoms with Crippen molar-refractivity contribution >= 4 is 0 Å². The van der Waals surface area contributed by atoms with Crippen molar-refractivity contribution in [3.05, 3.63) is 345 Å². The molecule has 11 aromatic carbocycles. The van der Waals surface area contributed by atoms with Gasteiger partial charge in [-0.05, 0) is 52.7 Å². The van der Waals surface area contributed by atoms with E-state index in [4.69, 9.17) is 0 Å². The van der Waals surface area contributed by atoms with Crippen molar-refractivity contribution in [2.24, 2.45) is 0 Å². The molecule has 4 heteroatoms. The van der Waals surface area contributed by atoms with Crippen LogP contribution in [0.15, 0.2) is 218 Å². The third-order valence-electron chi connectivity index (χ3n) is 12.7. The molecule has 0 unspecified atom stereocenters. The second-order valence-corrected chi connectivity index (χ2v) is 20.4. The molecule has 0 N–H and O–H groups in total. The van der Waals surface area contributed by atoms with E-state index in [1.807, 2.05) is 177 Å². The number of hydrogen-bond acceptors (Lipinski definition) is 0. The first-order valence-corrected chi connectivity index (χ1v) is 38.4. The van der Waals surface area contributed by atoms with Gasteiger partial charge in [0, 0.05) is 131 Å². The first-order chi connectivity index (χ1) is 49.4. The van der Waals surface area contributed by atoms with E-state index < -0.39 is 0 Å². The van der Waals surface area contributed by atoms with E-state index in [1.54, 1.807) is 0 Å². The van der Waals surface area contributed by atoms with Crippen molar-refractivity contribution in [1.29, 1.82) is 0 Å². The fourth-order valence-electron chi connectivity index (χ4n) is 8.02. The zero-order valence-corrected chi connectivity index (χ0v) is 85.4. The van der Waals surface area contributed by atoms with Gasteiger partial charge in [-0.1, -0.05) is 303 Å². The molecule has 0 saturated carbocycles. The van der Waals surface area contributed by atoms with Crippen LogP contribution in [-0.2, 0) is 131 Å². The summed E-state index contributed by atoms with van der Waals surface area (Å²) in [5, 5.41) is 0. The average molecular weight is 1730 g/mol. The van der Waals surface area contributed by atoms with Gasteiger partial charge < -0.3 is 0 Å². The summed E-state index contributed by atoms with van der Waals surface area (Å²) in [5.41, 5.74) is 26.6. The van der Waals surface area contributed by atoms with Crippen molar-refractivity contribution < 1.29 is 131 Å². The molecule has 0 aromatic heterocycles. The van der Waals surface area contributed by atoms with Crippen LogP contribution < -0.4 is 0 Å². The second-order valence-electron chi connectivity index (χ2n) is 20.4. The van der Waals surface area contributed by atoms with Crippen LogP contribution in [0.1, 0.15) is 230 Å². The topological polar surface area (TPSA) is 0 Å². The van der Waals surface area contributed by atoms with E-state index in [-0.39, 0.29) is 131 Å². The van der Waals surface area contributed by atoms with Gasteiger partial charge in [-0.25, -0.2) is 44.5 Å². The third-order valence-corrected chi connectivity index (χ3v) is 12.7. The summed E-state index contributed by atoms with van der Waals surface area (Å²) >= 11 is 0. The minimum atomic E-state index is 0. The Morgan fingerprint density at radius 2 is 0.462 bits per heavy atom. The summed E-state index contributed by atoms with van der Waals surface area (Å²) in [6, 6.07) is 101. The number of hydrogen-bond donors (Lipinski definition) is 0. The summed E-state index contributed by atoms with van der Waals surface area (Å²) in [7, 11) is 0. The molecule has 572 valence electrons. The molecule has 0 saturated heterocycles. The fourth-order valence-corrected chi connectivity index (χ4v) is 8.02. The number of benzene rings is 11. The maximum absolute atomic E-state index is 3.33. The molecule has 0 nitrogen and oxygen atoms in total. The maximum atomic E-state index is 3.33. The molecule has 0 fully saturated rings. The van der Waals surface area contributed by atoms with Crippen LogP contribution in [-0.4, -0.2) is 0 Å². The zero-order chi connectivity index (χ0) is 79.8. The molecule has 11 aromatic rings. The quantitative estimate of drug-likeness (QED) is 0.154. The number of aryl methyl sites for hydroxylation is 14. The van der Waals surface area contributed by atoms with Crippen LogP contribution in [0.5, 0.6) is 0 Å². The fraction of sp³-hybridized carbons (Fsp3) is 0.353. The Morgan fingerprint density at radius 3 is 0.745 bits per heavy atom. The van der Waals surface area contributed by atoms with Crippen LogP contribution >= 0.6 is 0 Å². The molecule has 0 spiro atoms. The van der Waals surface area contributed by atoms with Gasteiger partial charge in [0.05, 0.1) is 0 Å². The molecular weight excluding hydrogens is 1580 g/mol. The molecular formula is C102H144Y4-8. The third kappa shape index (κ3) is 63.6. The van der Waals surface area contributed by atoms with Crippen molar-refractivity contribution in [2.75, 3.05) is 0 Å². The molecule has 4 radical (unpaired) electrons. The molecule has 0 amide bonds. The van der Waals surface area contributed by atoms with Crippen LogP contribution in [0.25, 0.3) is 44.5 Å². The normalized spacial score (nSPS) is 8.08. The summed E-state index contributed by atoms with van der Waals surface area (Å²) < 4.78 is 0. The molecule has 0 heterocycles. The summed E-state index contributed by atoms with van der Waals surface area (Å²) in [5.74, 6) is 0. The second kappa shape index (κ2) is 89.7. The van der Waals surface area contributed by atoms with Gasteiger partial charge in [-0.15, -0.1) is 81.4 Å². The van der Waals surface area contributed by atoms with Gasteiger partial charge in [0.15, 0.2) is 0 Å². The average Bonchev–Trinajstić information content (AvgIpc) is 0.867. The van der Waals surface area contributed by atoms with Gasteiger partial charge in [0.1, 0.15) is 0 Å². The molecule has 0 bridgehead atoms. The Hall–Kier alpha value is -4.16. The van der Waals surface area contributed by atoms with Gasteiger partial charge in [0.25, 0.3) is 0 Å². The van der Waals surface area contributed by atoms with E-state index in [0.717, 1.165) is 66.8 Å². The Bertz CT molecular complexity index is 3360. The van der Waals surface area contributed by atoms with Gasteiger partial charge >= 0.3 is 0 Å². The van der Waals surface area contributed by atoms with Crippen molar-refractivity contribution in [3.63, 3.8) is 0 Å². The first kappa shape index (κ1) is 125. The summed E-state index contributed by atoms with van der Waals surface area (Å²) in [6.45, 7) is 73.2. The Labute approximate surface area is 760 Å². The van der Waals surface area contributed by atoms with E-state index in [2.05, 4.69) is 340 Å². The monoisotopic (exact) mass is 1720 g/mol. The Morgan fingerprint density at radius 1 is 0.179 bits per heavy atom. The maximum Gasteiger partial charge on any atom is 0 e. The van der Waals surface area contributed by atoms with Crippen molar-refractivity contribution in [1.82, 2.24) is 0 Å². The van der Waals surface area contributed by atoms with E-state index in [1.165, 1.54) is 55.6 Å². The predicted molar refractivity (Wildman–Crippen MR) is 469 cm³/mol. The Kier molecular flexibility index (Phi) is 106. The zero-order valence-electron chi connectivity index (χ0n) is 74.1. The molecule has 0 atom stereocenters. The number of rotatable bonds is 4. The van der Waals surface area contributed by atoms with Crippen molar-refractivity contribution in [3.8, 4) is 44.5 Å². The van der Waals surface area contributed by atoms with Gasteiger partial charge in [-0.2, -0.15) is 157 Å². The van der Waals surface area contributed by atoms with Gasteiger partial charge in [0.2, 0.25) is 0 Å². The molecule has 11 rings (SSSR count). The first-order valence-electron chi connectivity index (χ1n) is 38.4. The summed E-state index contributed by atoms with van der Waals surface area (Å²) in [4.78, 5) is 0. The largest absolute Gasteiger partial charge is 0.226 e. The summed E-state index contributed by atoms with van der Waals surface area (Å²) in [6.07, 6.45) is 0. The minimum absolute atomic E-state index is 0. The molecule has 0 aliphatic rings.